The van der Waals surface area contributed by atoms with Crippen molar-refractivity contribution in [1.82, 2.24) is 5.32 Å². The summed E-state index contributed by atoms with van der Waals surface area (Å²) in [5.41, 5.74) is 1.64. The fourth-order valence-corrected chi connectivity index (χ4v) is 2.12. The maximum absolute atomic E-state index is 12.0. The Hall–Kier alpha value is -2.27. The normalized spacial score (nSPS) is 12.3. The van der Waals surface area contributed by atoms with E-state index in [2.05, 4.69) is 5.32 Å². The predicted molar refractivity (Wildman–Crippen MR) is 87.7 cm³/mol. The maximum atomic E-state index is 12.0. The Morgan fingerprint density at radius 1 is 1.26 bits per heavy atom. The molecule has 1 aromatic carbocycles. The van der Waals surface area contributed by atoms with Crippen molar-refractivity contribution in [3.05, 3.63) is 53.0 Å². The van der Waals surface area contributed by atoms with Crippen molar-refractivity contribution in [2.45, 2.75) is 39.9 Å². The van der Waals surface area contributed by atoms with E-state index in [0.29, 0.717) is 5.56 Å². The molecule has 0 radical (unpaired) electrons. The van der Waals surface area contributed by atoms with Gasteiger partial charge in [0.2, 0.25) is 0 Å². The van der Waals surface area contributed by atoms with E-state index in [1.54, 1.807) is 30.3 Å². The van der Waals surface area contributed by atoms with Crippen LogP contribution in [0.2, 0.25) is 0 Å². The van der Waals surface area contributed by atoms with Crippen LogP contribution in [-0.4, -0.2) is 23.7 Å². The molecule has 0 spiro atoms. The average Bonchev–Trinajstić information content (AvgIpc) is 2.84. The Kier molecular flexibility index (Phi) is 5.45. The molecule has 0 aliphatic rings. The standard InChI is InChI=1S/C18H23NO4/c1-11(2)22-15-7-5-14(6-8-15)16(20)10-19-18(21)17-9-12(3)13(4)23-17/h5-9,11,16,20H,10H2,1-4H3,(H,19,21). The highest BCUT2D eigenvalue weighted by molar-refractivity contribution is 5.91. The second-order valence-electron chi connectivity index (χ2n) is 5.81. The summed E-state index contributed by atoms with van der Waals surface area (Å²) < 4.78 is 10.9. The fourth-order valence-electron chi connectivity index (χ4n) is 2.12. The van der Waals surface area contributed by atoms with Crippen LogP contribution in [0.3, 0.4) is 0 Å². The number of aliphatic hydroxyl groups is 1. The van der Waals surface area contributed by atoms with E-state index in [9.17, 15) is 9.90 Å². The minimum atomic E-state index is -0.788. The van der Waals surface area contributed by atoms with Crippen LogP contribution in [0, 0.1) is 13.8 Å². The summed E-state index contributed by atoms with van der Waals surface area (Å²) in [4.78, 5) is 12.0. The predicted octanol–water partition coefficient (Wildman–Crippen LogP) is 3.15. The molecule has 1 atom stereocenters. The quantitative estimate of drug-likeness (QED) is 0.858. The van der Waals surface area contributed by atoms with Crippen LogP contribution in [0.15, 0.2) is 34.7 Å². The minimum Gasteiger partial charge on any atom is -0.491 e. The number of hydrogen-bond acceptors (Lipinski definition) is 4. The summed E-state index contributed by atoms with van der Waals surface area (Å²) in [6, 6.07) is 8.87. The number of aryl methyl sites for hydroxylation is 2. The molecule has 1 unspecified atom stereocenters. The Bertz CT molecular complexity index is 639. The SMILES string of the molecule is Cc1cc(C(=O)NCC(O)c2ccc(OC(C)C)cc2)oc1C. The number of ether oxygens (including phenoxy) is 1. The molecule has 1 heterocycles. The highest BCUT2D eigenvalue weighted by atomic mass is 16.5. The van der Waals surface area contributed by atoms with Gasteiger partial charge in [0, 0.05) is 6.54 Å². The molecule has 0 fully saturated rings. The van der Waals surface area contributed by atoms with Crippen molar-refractivity contribution in [2.75, 3.05) is 6.54 Å². The van der Waals surface area contributed by atoms with Gasteiger partial charge in [-0.15, -0.1) is 0 Å². The average molecular weight is 317 g/mol. The Morgan fingerprint density at radius 2 is 1.91 bits per heavy atom. The molecule has 23 heavy (non-hydrogen) atoms. The molecule has 124 valence electrons. The Labute approximate surface area is 136 Å². The van der Waals surface area contributed by atoms with E-state index in [4.69, 9.17) is 9.15 Å². The second kappa shape index (κ2) is 7.33. The summed E-state index contributed by atoms with van der Waals surface area (Å²) in [5.74, 6) is 1.39. The number of carbonyl (C=O) groups excluding carboxylic acids is 1. The summed E-state index contributed by atoms with van der Waals surface area (Å²) in [7, 11) is 0. The number of nitrogens with one attached hydrogen (secondary N) is 1. The van der Waals surface area contributed by atoms with Crippen LogP contribution < -0.4 is 10.1 Å². The molecule has 1 amide bonds. The van der Waals surface area contributed by atoms with E-state index in [0.717, 1.165) is 17.1 Å². The van der Waals surface area contributed by atoms with Gasteiger partial charge in [-0.3, -0.25) is 4.79 Å². The molecule has 1 aromatic heterocycles. The fraction of sp³-hybridized carbons (Fsp3) is 0.389. The van der Waals surface area contributed by atoms with E-state index in [1.807, 2.05) is 27.7 Å². The molecule has 5 nitrogen and oxygen atoms in total. The summed E-state index contributed by atoms with van der Waals surface area (Å²) in [6.07, 6.45) is -0.686. The van der Waals surface area contributed by atoms with E-state index < -0.39 is 6.10 Å². The highest BCUT2D eigenvalue weighted by Crippen LogP contribution is 2.19. The Balaban J connectivity index is 1.91. The molecule has 2 N–H and O–H groups in total. The van der Waals surface area contributed by atoms with Gasteiger partial charge in [-0.05, 0) is 57.0 Å². The molecule has 2 rings (SSSR count). The number of furan rings is 1. The van der Waals surface area contributed by atoms with Gasteiger partial charge in [0.05, 0.1) is 12.2 Å². The van der Waals surface area contributed by atoms with Gasteiger partial charge in [-0.2, -0.15) is 0 Å². The van der Waals surface area contributed by atoms with Gasteiger partial charge in [-0.1, -0.05) is 12.1 Å². The number of amides is 1. The second-order valence-corrected chi connectivity index (χ2v) is 5.81. The lowest BCUT2D eigenvalue weighted by atomic mass is 10.1. The number of benzene rings is 1. The van der Waals surface area contributed by atoms with Gasteiger partial charge in [-0.25, -0.2) is 0 Å². The van der Waals surface area contributed by atoms with Crippen LogP contribution in [0.1, 0.15) is 47.4 Å². The van der Waals surface area contributed by atoms with Gasteiger partial charge in [0.25, 0.3) is 5.91 Å². The lowest BCUT2D eigenvalue weighted by molar-refractivity contribution is 0.0887. The van der Waals surface area contributed by atoms with Crippen LogP contribution in [0.4, 0.5) is 0 Å². The number of aliphatic hydroxyl groups excluding tert-OH is 1. The first-order chi connectivity index (χ1) is 10.9. The van der Waals surface area contributed by atoms with Crippen molar-refractivity contribution >= 4 is 5.91 Å². The zero-order chi connectivity index (χ0) is 17.0. The topological polar surface area (TPSA) is 71.7 Å². The van der Waals surface area contributed by atoms with Gasteiger partial charge in [0.15, 0.2) is 5.76 Å². The molecule has 5 heteroatoms. The lowest BCUT2D eigenvalue weighted by Gasteiger charge is -2.14. The number of rotatable bonds is 6. The molecule has 0 saturated heterocycles. The van der Waals surface area contributed by atoms with Crippen LogP contribution >= 0.6 is 0 Å². The zero-order valence-corrected chi connectivity index (χ0v) is 13.9. The highest BCUT2D eigenvalue weighted by Gasteiger charge is 2.15. The smallest absolute Gasteiger partial charge is 0.287 e. The lowest BCUT2D eigenvalue weighted by Crippen LogP contribution is -2.28. The molecule has 2 aromatic rings. The summed E-state index contributed by atoms with van der Waals surface area (Å²) in [5, 5.41) is 12.8. The van der Waals surface area contributed by atoms with Crippen molar-refractivity contribution in [1.29, 1.82) is 0 Å². The zero-order valence-electron chi connectivity index (χ0n) is 13.9. The Morgan fingerprint density at radius 3 is 2.43 bits per heavy atom. The number of hydrogen-bond donors (Lipinski definition) is 2. The van der Waals surface area contributed by atoms with Gasteiger partial charge >= 0.3 is 0 Å². The maximum Gasteiger partial charge on any atom is 0.287 e. The third-order valence-corrected chi connectivity index (χ3v) is 3.48. The molecule has 0 aliphatic carbocycles. The summed E-state index contributed by atoms with van der Waals surface area (Å²) in [6.45, 7) is 7.71. The largest absolute Gasteiger partial charge is 0.491 e. The van der Waals surface area contributed by atoms with Crippen molar-refractivity contribution < 1.29 is 19.1 Å². The molecular formula is C18H23NO4. The first-order valence-corrected chi connectivity index (χ1v) is 7.66. The molecule has 0 aliphatic heterocycles. The molecule has 0 bridgehead atoms. The van der Waals surface area contributed by atoms with Crippen LogP contribution in [0.25, 0.3) is 0 Å². The number of carbonyl (C=O) groups is 1. The first-order valence-electron chi connectivity index (χ1n) is 7.66. The van der Waals surface area contributed by atoms with Gasteiger partial charge in [0.1, 0.15) is 11.5 Å². The first kappa shape index (κ1) is 17.1. The van der Waals surface area contributed by atoms with Crippen LogP contribution in [0.5, 0.6) is 5.75 Å². The van der Waals surface area contributed by atoms with E-state index in [-0.39, 0.29) is 24.3 Å². The third-order valence-electron chi connectivity index (χ3n) is 3.48. The molecule has 0 saturated carbocycles. The van der Waals surface area contributed by atoms with Crippen molar-refractivity contribution in [2.24, 2.45) is 0 Å². The van der Waals surface area contributed by atoms with Crippen molar-refractivity contribution in [3.63, 3.8) is 0 Å². The minimum absolute atomic E-state index is 0.102. The van der Waals surface area contributed by atoms with Gasteiger partial charge < -0.3 is 19.6 Å². The van der Waals surface area contributed by atoms with Crippen LogP contribution in [-0.2, 0) is 0 Å². The van der Waals surface area contributed by atoms with E-state index >= 15 is 0 Å². The monoisotopic (exact) mass is 317 g/mol. The summed E-state index contributed by atoms with van der Waals surface area (Å²) >= 11 is 0. The third kappa shape index (κ3) is 4.60. The van der Waals surface area contributed by atoms with E-state index in [1.165, 1.54) is 0 Å². The van der Waals surface area contributed by atoms with Crippen molar-refractivity contribution in [3.8, 4) is 5.75 Å². The molecular weight excluding hydrogens is 294 g/mol.